The lowest BCUT2D eigenvalue weighted by Gasteiger charge is -2.35. The number of likely N-dealkylation sites (N-methyl/N-ethyl adjacent to an activating group) is 1. The number of guanidine groups is 1. The predicted molar refractivity (Wildman–Crippen MR) is 106 cm³/mol. The number of nitrogens with zero attached hydrogens (tertiary/aromatic N) is 3. The number of nitrogens with one attached hydrogen (secondary N) is 2. The summed E-state index contributed by atoms with van der Waals surface area (Å²) in [6, 6.07) is 0. The van der Waals surface area contributed by atoms with Gasteiger partial charge in [0.05, 0.1) is 6.10 Å². The fourth-order valence-electron chi connectivity index (χ4n) is 3.44. The van der Waals surface area contributed by atoms with Crippen LogP contribution < -0.4 is 10.6 Å². The molecule has 2 aliphatic heterocycles. The van der Waals surface area contributed by atoms with Crippen LogP contribution in [0.15, 0.2) is 4.99 Å². The second-order valence-electron chi connectivity index (χ2n) is 7.61. The van der Waals surface area contributed by atoms with Crippen LogP contribution in [0.2, 0.25) is 0 Å². The number of ether oxygens (including phenoxy) is 1. The predicted octanol–water partition coefficient (Wildman–Crippen LogP) is 0.437. The summed E-state index contributed by atoms with van der Waals surface area (Å²) in [5, 5.41) is 6.12. The lowest BCUT2D eigenvalue weighted by atomic mass is 9.93. The molecular weight excluding hydrogens is 346 g/mol. The Balaban J connectivity index is 1.91. The number of hydrogen-bond donors (Lipinski definition) is 2. The van der Waals surface area contributed by atoms with E-state index < -0.39 is 0 Å². The van der Waals surface area contributed by atoms with Gasteiger partial charge in [-0.1, -0.05) is 0 Å². The molecule has 0 spiro atoms. The summed E-state index contributed by atoms with van der Waals surface area (Å²) in [5.41, 5.74) is 0. The quantitative estimate of drug-likeness (QED) is 0.515. The third-order valence-electron chi connectivity index (χ3n) is 5.29. The van der Waals surface area contributed by atoms with E-state index in [0.29, 0.717) is 18.9 Å². The summed E-state index contributed by atoms with van der Waals surface area (Å²) >= 11 is 0. The number of carbonyl (C=O) groups is 2. The van der Waals surface area contributed by atoms with Crippen molar-refractivity contribution in [2.24, 2.45) is 10.9 Å². The highest BCUT2D eigenvalue weighted by atomic mass is 16.5. The monoisotopic (exact) mass is 381 g/mol. The molecule has 0 aromatic carbocycles. The molecule has 0 bridgehead atoms. The van der Waals surface area contributed by atoms with Crippen molar-refractivity contribution in [2.75, 3.05) is 53.9 Å². The number of hydrogen-bond acceptors (Lipinski definition) is 4. The molecule has 2 rings (SSSR count). The second-order valence-corrected chi connectivity index (χ2v) is 7.61. The number of rotatable bonds is 6. The molecule has 0 aromatic rings. The summed E-state index contributed by atoms with van der Waals surface area (Å²) in [7, 11) is 5.16. The lowest BCUT2D eigenvalue weighted by molar-refractivity contribution is -0.127. The first-order valence-electron chi connectivity index (χ1n) is 10.0. The molecule has 2 fully saturated rings. The molecule has 27 heavy (non-hydrogen) atoms. The summed E-state index contributed by atoms with van der Waals surface area (Å²) in [5.74, 6) is 1.27. The second kappa shape index (κ2) is 11.1. The maximum absolute atomic E-state index is 11.9. The van der Waals surface area contributed by atoms with E-state index >= 15 is 0 Å². The largest absolute Gasteiger partial charge is 0.376 e. The molecule has 2 amide bonds. The van der Waals surface area contributed by atoms with Gasteiger partial charge in [-0.25, -0.2) is 4.99 Å². The zero-order valence-electron chi connectivity index (χ0n) is 17.0. The molecule has 1 atom stereocenters. The van der Waals surface area contributed by atoms with Crippen molar-refractivity contribution in [1.82, 2.24) is 20.4 Å². The summed E-state index contributed by atoms with van der Waals surface area (Å²) < 4.78 is 5.80. The van der Waals surface area contributed by atoms with Crippen molar-refractivity contribution in [3.05, 3.63) is 0 Å². The minimum atomic E-state index is -0.0160. The van der Waals surface area contributed by atoms with Gasteiger partial charge >= 0.3 is 0 Å². The van der Waals surface area contributed by atoms with E-state index in [9.17, 15) is 9.59 Å². The zero-order valence-corrected chi connectivity index (χ0v) is 17.0. The summed E-state index contributed by atoms with van der Waals surface area (Å²) in [6.45, 7) is 3.36. The first kappa shape index (κ1) is 21.5. The lowest BCUT2D eigenvalue weighted by Crippen LogP contribution is -2.48. The standard InChI is InChI=1S/C19H35N5O3/c1-20-17(25)12-15-7-9-24(10-8-15)19(22-14-18(26)23(2)3)21-13-16-6-4-5-11-27-16/h15-16H,4-14H2,1-3H3,(H,20,25)(H,21,22). The van der Waals surface area contributed by atoms with Crippen LogP contribution in [0.5, 0.6) is 0 Å². The van der Waals surface area contributed by atoms with Crippen molar-refractivity contribution in [3.63, 3.8) is 0 Å². The third kappa shape index (κ3) is 7.36. The van der Waals surface area contributed by atoms with Gasteiger partial charge in [0.2, 0.25) is 11.8 Å². The normalized spacial score (nSPS) is 21.7. The van der Waals surface area contributed by atoms with Gasteiger partial charge in [-0.05, 0) is 38.0 Å². The van der Waals surface area contributed by atoms with Crippen LogP contribution in [0, 0.1) is 5.92 Å². The Morgan fingerprint density at radius 1 is 1.19 bits per heavy atom. The Morgan fingerprint density at radius 3 is 2.52 bits per heavy atom. The van der Waals surface area contributed by atoms with Crippen molar-refractivity contribution in [2.45, 2.75) is 44.6 Å². The van der Waals surface area contributed by atoms with Gasteiger partial charge in [-0.3, -0.25) is 9.59 Å². The molecule has 0 saturated carbocycles. The number of amides is 2. The highest BCUT2D eigenvalue weighted by molar-refractivity contribution is 5.85. The van der Waals surface area contributed by atoms with Crippen LogP contribution in [0.25, 0.3) is 0 Å². The molecule has 2 heterocycles. The minimum absolute atomic E-state index is 0.0160. The van der Waals surface area contributed by atoms with E-state index in [2.05, 4.69) is 20.5 Å². The van der Waals surface area contributed by atoms with E-state index in [1.165, 1.54) is 6.42 Å². The maximum Gasteiger partial charge on any atom is 0.243 e. The smallest absolute Gasteiger partial charge is 0.243 e. The van der Waals surface area contributed by atoms with Crippen LogP contribution >= 0.6 is 0 Å². The molecule has 154 valence electrons. The van der Waals surface area contributed by atoms with Crippen LogP contribution in [0.3, 0.4) is 0 Å². The van der Waals surface area contributed by atoms with Crippen LogP contribution in [0.1, 0.15) is 38.5 Å². The molecule has 0 aliphatic carbocycles. The van der Waals surface area contributed by atoms with Crippen LogP contribution in [-0.2, 0) is 14.3 Å². The van der Waals surface area contributed by atoms with E-state index in [1.807, 2.05) is 0 Å². The van der Waals surface area contributed by atoms with Gasteiger partial charge in [-0.15, -0.1) is 0 Å². The van der Waals surface area contributed by atoms with Crippen molar-refractivity contribution < 1.29 is 14.3 Å². The van der Waals surface area contributed by atoms with Gasteiger partial charge in [0.1, 0.15) is 6.54 Å². The average Bonchev–Trinajstić information content (AvgIpc) is 2.69. The van der Waals surface area contributed by atoms with E-state index in [-0.39, 0.29) is 24.5 Å². The Hall–Kier alpha value is -1.83. The number of aliphatic imine (C=N–C) groups is 1. The summed E-state index contributed by atoms with van der Waals surface area (Å²) in [6.07, 6.45) is 6.09. The topological polar surface area (TPSA) is 86.3 Å². The van der Waals surface area contributed by atoms with Gasteiger partial charge in [0, 0.05) is 53.8 Å². The molecule has 0 radical (unpaired) electrons. The summed E-state index contributed by atoms with van der Waals surface area (Å²) in [4.78, 5) is 31.9. The highest BCUT2D eigenvalue weighted by Crippen LogP contribution is 2.20. The molecule has 1 unspecified atom stereocenters. The fraction of sp³-hybridized carbons (Fsp3) is 0.842. The van der Waals surface area contributed by atoms with Crippen LogP contribution in [-0.4, -0.2) is 87.6 Å². The maximum atomic E-state index is 11.9. The SMILES string of the molecule is CNC(=O)CC1CCN(C(=NCC(=O)N(C)C)NCC2CCCCO2)CC1. The van der Waals surface area contributed by atoms with Crippen molar-refractivity contribution in [1.29, 1.82) is 0 Å². The Bertz CT molecular complexity index is 509. The molecule has 8 heteroatoms. The van der Waals surface area contributed by atoms with Gasteiger partial charge in [0.25, 0.3) is 0 Å². The fourth-order valence-corrected chi connectivity index (χ4v) is 3.44. The highest BCUT2D eigenvalue weighted by Gasteiger charge is 2.24. The number of likely N-dealkylation sites (tertiary alicyclic amines) is 1. The van der Waals surface area contributed by atoms with Crippen LogP contribution in [0.4, 0.5) is 0 Å². The number of piperidine rings is 1. The van der Waals surface area contributed by atoms with Crippen molar-refractivity contribution >= 4 is 17.8 Å². The Morgan fingerprint density at radius 2 is 1.93 bits per heavy atom. The van der Waals surface area contributed by atoms with Gasteiger partial charge in [-0.2, -0.15) is 0 Å². The molecular formula is C19H35N5O3. The first-order chi connectivity index (χ1) is 13.0. The van der Waals surface area contributed by atoms with Gasteiger partial charge < -0.3 is 25.2 Å². The molecule has 2 N–H and O–H groups in total. The zero-order chi connectivity index (χ0) is 19.6. The van der Waals surface area contributed by atoms with Gasteiger partial charge in [0.15, 0.2) is 5.96 Å². The number of carbonyl (C=O) groups excluding carboxylic acids is 2. The minimum Gasteiger partial charge on any atom is -0.376 e. The van der Waals surface area contributed by atoms with E-state index in [1.54, 1.807) is 26.0 Å². The average molecular weight is 382 g/mol. The van der Waals surface area contributed by atoms with Crippen molar-refractivity contribution in [3.8, 4) is 0 Å². The van der Waals surface area contributed by atoms with E-state index in [0.717, 1.165) is 51.3 Å². The Labute approximate surface area is 162 Å². The Kier molecular flexibility index (Phi) is 8.84. The third-order valence-corrected chi connectivity index (χ3v) is 5.29. The first-order valence-corrected chi connectivity index (χ1v) is 10.0. The molecule has 2 aliphatic rings. The van der Waals surface area contributed by atoms with E-state index in [4.69, 9.17) is 4.74 Å². The molecule has 8 nitrogen and oxygen atoms in total. The molecule has 2 saturated heterocycles. The molecule has 0 aromatic heterocycles.